The molecule has 1 fully saturated rings. The van der Waals surface area contributed by atoms with Crippen LogP contribution in [0.2, 0.25) is 18.1 Å². The third kappa shape index (κ3) is 4.22. The van der Waals surface area contributed by atoms with Crippen molar-refractivity contribution in [3.05, 3.63) is 30.3 Å². The third-order valence-electron chi connectivity index (χ3n) is 4.83. The van der Waals surface area contributed by atoms with E-state index in [1.807, 2.05) is 30.3 Å². The topological polar surface area (TPSA) is 27.7 Å². The van der Waals surface area contributed by atoms with Crippen LogP contribution in [0.15, 0.2) is 30.3 Å². The molecule has 0 atom stereocenters. The van der Waals surface area contributed by atoms with Gasteiger partial charge in [-0.05, 0) is 23.6 Å². The molecule has 1 aromatic carbocycles. The van der Waals surface area contributed by atoms with Gasteiger partial charge in [-0.1, -0.05) is 58.0 Å². The summed E-state index contributed by atoms with van der Waals surface area (Å²) in [6.07, 6.45) is 0. The maximum Gasteiger partial charge on any atom is 0.493 e. The predicted octanol–water partition coefficient (Wildman–Crippen LogP) is 3.46. The molecule has 1 aliphatic heterocycles. The molecule has 0 bridgehead atoms. The maximum absolute atomic E-state index is 6.36. The number of rotatable bonds is 4. The Morgan fingerprint density at radius 1 is 1.14 bits per heavy atom. The van der Waals surface area contributed by atoms with Crippen LogP contribution in [0.1, 0.15) is 27.7 Å². The predicted molar refractivity (Wildman–Crippen MR) is 95.0 cm³/mol. The summed E-state index contributed by atoms with van der Waals surface area (Å²) in [7, 11) is -1.98. The highest BCUT2D eigenvalue weighted by atomic mass is 28.4. The van der Waals surface area contributed by atoms with Crippen LogP contribution in [0.25, 0.3) is 0 Å². The Morgan fingerprint density at radius 2 is 1.68 bits per heavy atom. The number of benzene rings is 1. The highest BCUT2D eigenvalue weighted by Crippen LogP contribution is 2.38. The van der Waals surface area contributed by atoms with Gasteiger partial charge < -0.3 is 13.7 Å². The highest BCUT2D eigenvalue weighted by Gasteiger charge is 2.41. The van der Waals surface area contributed by atoms with Gasteiger partial charge in [-0.2, -0.15) is 0 Å². The lowest BCUT2D eigenvalue weighted by Gasteiger charge is -2.42. The SMILES string of the molecule is CC1(CO[Si](C)(C)C(C)(C)C)COB(c2ccccc2)OC1. The first-order valence-corrected chi connectivity index (χ1v) is 11.0. The summed E-state index contributed by atoms with van der Waals surface area (Å²) in [6.45, 7) is 15.6. The Labute approximate surface area is 136 Å². The average Bonchev–Trinajstić information content (AvgIpc) is 2.46. The van der Waals surface area contributed by atoms with E-state index in [1.165, 1.54) is 0 Å². The quantitative estimate of drug-likeness (QED) is 0.795. The Morgan fingerprint density at radius 3 is 2.18 bits per heavy atom. The van der Waals surface area contributed by atoms with Gasteiger partial charge in [-0.3, -0.25) is 0 Å². The molecule has 1 aromatic rings. The van der Waals surface area contributed by atoms with Crippen LogP contribution in [0.5, 0.6) is 0 Å². The van der Waals surface area contributed by atoms with Gasteiger partial charge in [0.15, 0.2) is 8.32 Å². The summed E-state index contributed by atoms with van der Waals surface area (Å²) >= 11 is 0. The van der Waals surface area contributed by atoms with Gasteiger partial charge in [0.1, 0.15) is 0 Å². The van der Waals surface area contributed by atoms with E-state index >= 15 is 0 Å². The lowest BCUT2D eigenvalue weighted by Crippen LogP contribution is -2.52. The van der Waals surface area contributed by atoms with Crippen molar-refractivity contribution in [2.45, 2.75) is 45.8 Å². The molecule has 1 heterocycles. The first-order valence-electron chi connectivity index (χ1n) is 8.05. The lowest BCUT2D eigenvalue weighted by molar-refractivity contribution is -0.0110. The summed E-state index contributed by atoms with van der Waals surface area (Å²) in [6, 6.07) is 10.1. The fraction of sp³-hybridized carbons (Fsp3) is 0.647. The first kappa shape index (κ1) is 17.7. The van der Waals surface area contributed by atoms with Crippen molar-refractivity contribution >= 4 is 20.9 Å². The van der Waals surface area contributed by atoms with E-state index in [4.69, 9.17) is 13.7 Å². The van der Waals surface area contributed by atoms with Gasteiger partial charge in [0.2, 0.25) is 0 Å². The van der Waals surface area contributed by atoms with Gasteiger partial charge >= 0.3 is 7.12 Å². The zero-order valence-electron chi connectivity index (χ0n) is 14.8. The van der Waals surface area contributed by atoms with Crippen LogP contribution >= 0.6 is 0 Å². The molecular weight excluding hydrogens is 291 g/mol. The molecule has 0 aromatic heterocycles. The Balaban J connectivity index is 1.90. The molecular formula is C17H29BO3Si. The highest BCUT2D eigenvalue weighted by molar-refractivity contribution is 6.74. The standard InChI is InChI=1S/C17H29BO3Si/c1-16(2,3)22(5,6)21-14-17(4)12-19-18(20-13-17)15-10-8-7-9-11-15/h7-11H,12-14H2,1-6H3. The molecule has 0 amide bonds. The van der Waals surface area contributed by atoms with Crippen LogP contribution < -0.4 is 5.46 Å². The smallest absolute Gasteiger partial charge is 0.416 e. The van der Waals surface area contributed by atoms with E-state index in [0.717, 1.165) is 5.46 Å². The van der Waals surface area contributed by atoms with E-state index in [2.05, 4.69) is 40.8 Å². The minimum Gasteiger partial charge on any atom is -0.416 e. The second kappa shape index (κ2) is 6.48. The van der Waals surface area contributed by atoms with Crippen molar-refractivity contribution in [2.24, 2.45) is 5.41 Å². The molecule has 1 aliphatic rings. The van der Waals surface area contributed by atoms with Gasteiger partial charge in [0, 0.05) is 25.2 Å². The second-order valence-corrected chi connectivity index (χ2v) is 13.0. The van der Waals surface area contributed by atoms with Crippen molar-refractivity contribution in [3.63, 3.8) is 0 Å². The van der Waals surface area contributed by atoms with Crippen molar-refractivity contribution < 1.29 is 13.7 Å². The molecule has 22 heavy (non-hydrogen) atoms. The Hall–Kier alpha value is -0.618. The van der Waals surface area contributed by atoms with Gasteiger partial charge in [0.25, 0.3) is 0 Å². The van der Waals surface area contributed by atoms with E-state index in [0.29, 0.717) is 19.8 Å². The average molecular weight is 320 g/mol. The third-order valence-corrected chi connectivity index (χ3v) is 9.30. The second-order valence-electron chi connectivity index (χ2n) is 8.22. The van der Waals surface area contributed by atoms with Crippen LogP contribution in [0, 0.1) is 5.41 Å². The Bertz CT molecular complexity index is 476. The molecule has 0 aliphatic carbocycles. The minimum atomic E-state index is -1.73. The molecule has 0 spiro atoms. The molecule has 0 saturated carbocycles. The van der Waals surface area contributed by atoms with Crippen molar-refractivity contribution in [1.82, 2.24) is 0 Å². The largest absolute Gasteiger partial charge is 0.493 e. The van der Waals surface area contributed by atoms with Crippen LogP contribution in [-0.4, -0.2) is 35.3 Å². The fourth-order valence-electron chi connectivity index (χ4n) is 2.10. The fourth-order valence-corrected chi connectivity index (χ4v) is 3.24. The minimum absolute atomic E-state index is 0.0687. The van der Waals surface area contributed by atoms with E-state index in [1.54, 1.807) is 0 Å². The molecule has 0 unspecified atom stereocenters. The summed E-state index contributed by atoms with van der Waals surface area (Å²) in [5.41, 5.74) is 1.01. The van der Waals surface area contributed by atoms with Gasteiger partial charge in [0.05, 0.1) is 0 Å². The van der Waals surface area contributed by atoms with E-state index in [9.17, 15) is 0 Å². The summed E-state index contributed by atoms with van der Waals surface area (Å²) in [5, 5.41) is 0.228. The van der Waals surface area contributed by atoms with Crippen molar-refractivity contribution in [1.29, 1.82) is 0 Å². The van der Waals surface area contributed by atoms with Gasteiger partial charge in [-0.15, -0.1) is 0 Å². The van der Waals surface area contributed by atoms with Crippen LogP contribution in [-0.2, 0) is 13.7 Å². The molecule has 5 heteroatoms. The molecule has 122 valence electrons. The Kier molecular flexibility index (Phi) is 5.22. The lowest BCUT2D eigenvalue weighted by atomic mass is 9.76. The molecule has 1 saturated heterocycles. The first-order chi connectivity index (χ1) is 10.1. The number of hydrogen-bond donors (Lipinski definition) is 0. The number of hydrogen-bond acceptors (Lipinski definition) is 3. The summed E-state index contributed by atoms with van der Waals surface area (Å²) < 4.78 is 18.2. The monoisotopic (exact) mass is 320 g/mol. The summed E-state index contributed by atoms with van der Waals surface area (Å²) in [4.78, 5) is 0. The molecule has 2 rings (SSSR count). The van der Waals surface area contributed by atoms with E-state index in [-0.39, 0.29) is 17.6 Å². The van der Waals surface area contributed by atoms with Crippen molar-refractivity contribution in [3.8, 4) is 0 Å². The normalized spacial score (nSPS) is 19.3. The zero-order valence-corrected chi connectivity index (χ0v) is 15.8. The van der Waals surface area contributed by atoms with Gasteiger partial charge in [-0.25, -0.2) is 0 Å². The van der Waals surface area contributed by atoms with E-state index < -0.39 is 8.32 Å². The molecule has 0 radical (unpaired) electrons. The maximum atomic E-state index is 6.36. The van der Waals surface area contributed by atoms with Crippen LogP contribution in [0.4, 0.5) is 0 Å². The van der Waals surface area contributed by atoms with Crippen molar-refractivity contribution in [2.75, 3.05) is 19.8 Å². The van der Waals surface area contributed by atoms with Crippen LogP contribution in [0.3, 0.4) is 0 Å². The zero-order chi connectivity index (χ0) is 16.4. The summed E-state index contributed by atoms with van der Waals surface area (Å²) in [5.74, 6) is 0. The molecule has 0 N–H and O–H groups in total. The molecule has 3 nitrogen and oxygen atoms in total.